The first-order valence-electron chi connectivity index (χ1n) is 11.7. The number of likely N-dealkylation sites (tertiary alicyclic amines) is 1. The zero-order valence-corrected chi connectivity index (χ0v) is 21.4. The molecule has 0 radical (unpaired) electrons. The van der Waals surface area contributed by atoms with Crippen molar-refractivity contribution in [2.75, 3.05) is 25.4 Å². The van der Waals surface area contributed by atoms with Crippen LogP contribution in [0.2, 0.25) is 0 Å². The molecular formula is C25H35N5O3S. The van der Waals surface area contributed by atoms with Gasteiger partial charge in [0.1, 0.15) is 0 Å². The Bertz CT molecular complexity index is 989. The number of thioether (sulfide) groups is 1. The minimum Gasteiger partial charge on any atom is -0.450 e. The predicted molar refractivity (Wildman–Crippen MR) is 135 cm³/mol. The SMILES string of the molecule is C=CCn1c(SCC(=O)NC2CCN(C(=O)OCC)CC2)nnc1-c1ccc(C(C)(C)C)cc1. The van der Waals surface area contributed by atoms with Crippen LogP contribution in [0.4, 0.5) is 4.79 Å². The number of carbonyl (C=O) groups is 2. The van der Waals surface area contributed by atoms with E-state index in [1.807, 2.05) is 4.57 Å². The van der Waals surface area contributed by atoms with Gasteiger partial charge in [-0.1, -0.05) is 62.9 Å². The quantitative estimate of drug-likeness (QED) is 0.444. The van der Waals surface area contributed by atoms with E-state index in [4.69, 9.17) is 4.74 Å². The Kier molecular flexibility index (Phi) is 8.77. The number of carbonyl (C=O) groups excluding carboxylic acids is 2. The first kappa shape index (κ1) is 25.8. The standard InChI is InChI=1S/C25H35N5O3S/c1-6-14-30-22(18-8-10-19(11-9-18)25(3,4)5)27-28-23(30)34-17-21(31)26-20-12-15-29(16-13-20)24(32)33-7-2/h6,8-11,20H,1,7,12-17H2,2-5H3,(H,26,31). The van der Waals surface area contributed by atoms with Crippen molar-refractivity contribution < 1.29 is 14.3 Å². The first-order chi connectivity index (χ1) is 16.2. The zero-order valence-electron chi connectivity index (χ0n) is 20.5. The van der Waals surface area contributed by atoms with Crippen LogP contribution in [0.25, 0.3) is 11.4 Å². The molecule has 184 valence electrons. The van der Waals surface area contributed by atoms with Crippen molar-refractivity contribution in [3.05, 3.63) is 42.5 Å². The van der Waals surface area contributed by atoms with Crippen LogP contribution >= 0.6 is 11.8 Å². The van der Waals surface area contributed by atoms with E-state index >= 15 is 0 Å². The Labute approximate surface area is 206 Å². The maximum absolute atomic E-state index is 12.6. The zero-order chi connectivity index (χ0) is 24.7. The van der Waals surface area contributed by atoms with Crippen LogP contribution in [0, 0.1) is 0 Å². The van der Waals surface area contributed by atoms with Crippen LogP contribution in [0.3, 0.4) is 0 Å². The summed E-state index contributed by atoms with van der Waals surface area (Å²) in [5.41, 5.74) is 2.31. The smallest absolute Gasteiger partial charge is 0.409 e. The fourth-order valence-electron chi connectivity index (χ4n) is 3.84. The highest BCUT2D eigenvalue weighted by atomic mass is 32.2. The number of benzene rings is 1. The molecule has 34 heavy (non-hydrogen) atoms. The molecule has 0 aliphatic carbocycles. The average Bonchev–Trinajstić information content (AvgIpc) is 3.20. The van der Waals surface area contributed by atoms with Gasteiger partial charge in [-0.15, -0.1) is 16.8 Å². The van der Waals surface area contributed by atoms with Gasteiger partial charge < -0.3 is 15.0 Å². The summed E-state index contributed by atoms with van der Waals surface area (Å²) in [7, 11) is 0. The molecule has 0 saturated carbocycles. The molecular weight excluding hydrogens is 450 g/mol. The Morgan fingerprint density at radius 2 is 1.88 bits per heavy atom. The van der Waals surface area contributed by atoms with E-state index < -0.39 is 0 Å². The normalized spacial score (nSPS) is 14.6. The van der Waals surface area contributed by atoms with Crippen LogP contribution in [0.1, 0.15) is 46.1 Å². The molecule has 8 nitrogen and oxygen atoms in total. The number of hydrogen-bond acceptors (Lipinski definition) is 6. The molecule has 1 aromatic heterocycles. The van der Waals surface area contributed by atoms with E-state index in [1.165, 1.54) is 17.3 Å². The number of rotatable bonds is 8. The van der Waals surface area contributed by atoms with Crippen LogP contribution in [-0.4, -0.2) is 63.2 Å². The summed E-state index contributed by atoms with van der Waals surface area (Å²) in [5, 5.41) is 12.5. The second-order valence-electron chi connectivity index (χ2n) is 9.35. The third-order valence-electron chi connectivity index (χ3n) is 5.76. The maximum atomic E-state index is 12.6. The summed E-state index contributed by atoms with van der Waals surface area (Å²) >= 11 is 1.36. The first-order valence-corrected chi connectivity index (χ1v) is 12.7. The number of nitrogens with one attached hydrogen (secondary N) is 1. The van der Waals surface area contributed by atoms with Crippen molar-refractivity contribution in [2.24, 2.45) is 0 Å². The molecule has 0 unspecified atom stereocenters. The van der Waals surface area contributed by atoms with Crippen LogP contribution in [0.15, 0.2) is 42.1 Å². The van der Waals surface area contributed by atoms with E-state index in [2.05, 4.69) is 67.1 Å². The fraction of sp³-hybridized carbons (Fsp3) is 0.520. The van der Waals surface area contributed by atoms with E-state index in [-0.39, 0.29) is 29.2 Å². The minimum absolute atomic E-state index is 0.0520. The van der Waals surface area contributed by atoms with Gasteiger partial charge >= 0.3 is 6.09 Å². The molecule has 2 aromatic rings. The molecule has 0 atom stereocenters. The molecule has 0 spiro atoms. The average molecular weight is 486 g/mol. The van der Waals surface area contributed by atoms with Gasteiger partial charge in [0.15, 0.2) is 11.0 Å². The van der Waals surface area contributed by atoms with Gasteiger partial charge in [0.05, 0.1) is 12.4 Å². The largest absolute Gasteiger partial charge is 0.450 e. The fourth-order valence-corrected chi connectivity index (χ4v) is 4.60. The van der Waals surface area contributed by atoms with Crippen LogP contribution in [-0.2, 0) is 21.5 Å². The van der Waals surface area contributed by atoms with Gasteiger partial charge in [0.25, 0.3) is 0 Å². The van der Waals surface area contributed by atoms with E-state index in [9.17, 15) is 9.59 Å². The summed E-state index contributed by atoms with van der Waals surface area (Å²) in [6.45, 7) is 14.3. The maximum Gasteiger partial charge on any atom is 0.409 e. The molecule has 1 aliphatic heterocycles. The van der Waals surface area contributed by atoms with Crippen molar-refractivity contribution in [1.29, 1.82) is 0 Å². The third kappa shape index (κ3) is 6.62. The number of hydrogen-bond donors (Lipinski definition) is 1. The molecule has 9 heteroatoms. The Balaban J connectivity index is 1.58. The van der Waals surface area contributed by atoms with Crippen LogP contribution in [0.5, 0.6) is 0 Å². The van der Waals surface area contributed by atoms with Gasteiger partial charge in [-0.25, -0.2) is 4.79 Å². The molecule has 1 saturated heterocycles. The minimum atomic E-state index is -0.284. The number of allylic oxidation sites excluding steroid dienone is 1. The Hall–Kier alpha value is -2.81. The molecule has 1 aliphatic rings. The summed E-state index contributed by atoms with van der Waals surface area (Å²) in [4.78, 5) is 26.1. The number of aromatic nitrogens is 3. The molecule has 2 amide bonds. The van der Waals surface area contributed by atoms with Crippen molar-refractivity contribution in [3.63, 3.8) is 0 Å². The van der Waals surface area contributed by atoms with E-state index in [0.29, 0.717) is 31.4 Å². The lowest BCUT2D eigenvalue weighted by molar-refractivity contribution is -0.119. The van der Waals surface area contributed by atoms with E-state index in [0.717, 1.165) is 24.2 Å². The van der Waals surface area contributed by atoms with Gasteiger partial charge in [-0.3, -0.25) is 9.36 Å². The number of amides is 2. The highest BCUT2D eigenvalue weighted by Crippen LogP contribution is 2.28. The number of ether oxygens (including phenoxy) is 1. The lowest BCUT2D eigenvalue weighted by atomic mass is 9.87. The molecule has 0 bridgehead atoms. The molecule has 1 N–H and O–H groups in total. The number of nitrogens with zero attached hydrogens (tertiary/aromatic N) is 4. The summed E-state index contributed by atoms with van der Waals surface area (Å²) in [5.74, 6) is 0.953. The summed E-state index contributed by atoms with van der Waals surface area (Å²) in [6.07, 6.45) is 2.96. The molecule has 1 aromatic carbocycles. The summed E-state index contributed by atoms with van der Waals surface area (Å²) in [6, 6.07) is 8.43. The van der Waals surface area contributed by atoms with Gasteiger partial charge in [-0.05, 0) is 30.7 Å². The Morgan fingerprint density at radius 1 is 1.21 bits per heavy atom. The van der Waals surface area contributed by atoms with Gasteiger partial charge in [-0.2, -0.15) is 0 Å². The predicted octanol–water partition coefficient (Wildman–Crippen LogP) is 4.26. The topological polar surface area (TPSA) is 89.4 Å². The van der Waals surface area contributed by atoms with Crippen LogP contribution < -0.4 is 5.32 Å². The van der Waals surface area contributed by atoms with Gasteiger partial charge in [0.2, 0.25) is 5.91 Å². The molecule has 1 fully saturated rings. The van der Waals surface area contributed by atoms with Crippen molar-refractivity contribution in [3.8, 4) is 11.4 Å². The van der Waals surface area contributed by atoms with Gasteiger partial charge in [0, 0.05) is 31.2 Å². The van der Waals surface area contributed by atoms with Crippen molar-refractivity contribution in [1.82, 2.24) is 25.0 Å². The molecule has 2 heterocycles. The molecule has 3 rings (SSSR count). The lowest BCUT2D eigenvalue weighted by Crippen LogP contribution is -2.47. The second-order valence-corrected chi connectivity index (χ2v) is 10.3. The van der Waals surface area contributed by atoms with E-state index in [1.54, 1.807) is 17.9 Å². The third-order valence-corrected chi connectivity index (χ3v) is 6.72. The number of piperidine rings is 1. The Morgan fingerprint density at radius 3 is 2.47 bits per heavy atom. The lowest BCUT2D eigenvalue weighted by Gasteiger charge is -2.31. The summed E-state index contributed by atoms with van der Waals surface area (Å²) < 4.78 is 7.03. The second kappa shape index (κ2) is 11.6. The highest BCUT2D eigenvalue weighted by molar-refractivity contribution is 7.99. The monoisotopic (exact) mass is 485 g/mol. The van der Waals surface area contributed by atoms with Crippen molar-refractivity contribution >= 4 is 23.8 Å². The highest BCUT2D eigenvalue weighted by Gasteiger charge is 2.25. The van der Waals surface area contributed by atoms with Crippen molar-refractivity contribution in [2.45, 2.75) is 63.7 Å².